The topological polar surface area (TPSA) is 60.8 Å². The van der Waals surface area contributed by atoms with Gasteiger partial charge in [-0.3, -0.25) is 4.79 Å². The zero-order valence-electron chi connectivity index (χ0n) is 9.76. The van der Waals surface area contributed by atoms with Gasteiger partial charge in [0.15, 0.2) is 6.10 Å². The third kappa shape index (κ3) is 2.65. The van der Waals surface area contributed by atoms with E-state index >= 15 is 0 Å². The Morgan fingerprint density at radius 2 is 2.05 bits per heavy atom. The number of hydrogen-bond acceptors (Lipinski definition) is 3. The minimum absolute atomic E-state index is 0.0676. The summed E-state index contributed by atoms with van der Waals surface area (Å²) in [6, 6.07) is 6.39. The predicted molar refractivity (Wildman–Crippen MR) is 61.1 cm³/mol. The van der Waals surface area contributed by atoms with Gasteiger partial charge < -0.3 is 15.1 Å². The largest absolute Gasteiger partial charge is 0.481 e. The number of hydrogen-bond donors (Lipinski definition) is 2. The fraction of sp³-hybridized carbons (Fsp3) is 0.417. The molecule has 1 aromatic carbocycles. The van der Waals surface area contributed by atoms with Crippen LogP contribution in [0.5, 0.6) is 0 Å². The van der Waals surface area contributed by atoms with E-state index in [-0.39, 0.29) is 6.54 Å². The highest BCUT2D eigenvalue weighted by Gasteiger charge is 2.42. The molecule has 2 atom stereocenters. The molecule has 0 amide bonds. The smallest absolute Gasteiger partial charge is 0.416 e. The van der Waals surface area contributed by atoms with E-state index < -0.39 is 30.7 Å². The van der Waals surface area contributed by atoms with Gasteiger partial charge in [-0.05, 0) is 11.6 Å². The molecule has 1 aromatic rings. The third-order valence-electron chi connectivity index (χ3n) is 3.13. The standard InChI is InChI=1S/C12H12F3NO3/c13-12(14,15)10(17)6-16-5-8(11(18)19)7-3-1-2-4-9(7)16/h1-4,8,10,17H,5-6H2,(H,18,19). The highest BCUT2D eigenvalue weighted by atomic mass is 19.4. The Morgan fingerprint density at radius 3 is 2.63 bits per heavy atom. The molecule has 4 nitrogen and oxygen atoms in total. The molecule has 19 heavy (non-hydrogen) atoms. The lowest BCUT2D eigenvalue weighted by Gasteiger charge is -2.24. The second-order valence-corrected chi connectivity index (χ2v) is 4.41. The number of alkyl halides is 3. The maximum atomic E-state index is 12.3. The summed E-state index contributed by atoms with van der Waals surface area (Å²) < 4.78 is 37.0. The molecule has 0 bridgehead atoms. The summed E-state index contributed by atoms with van der Waals surface area (Å²) >= 11 is 0. The minimum atomic E-state index is -4.71. The normalized spacial score (nSPS) is 20.2. The molecule has 0 fully saturated rings. The second kappa shape index (κ2) is 4.73. The number of carboxylic acid groups (broad SMARTS) is 1. The number of fused-ring (bicyclic) bond motifs is 1. The van der Waals surface area contributed by atoms with Gasteiger partial charge in [0.05, 0.1) is 6.54 Å². The number of aliphatic hydroxyl groups is 1. The van der Waals surface area contributed by atoms with E-state index in [1.807, 2.05) is 0 Å². The van der Waals surface area contributed by atoms with Crippen LogP contribution >= 0.6 is 0 Å². The van der Waals surface area contributed by atoms with Gasteiger partial charge in [0, 0.05) is 12.2 Å². The number of benzene rings is 1. The van der Waals surface area contributed by atoms with Crippen LogP contribution in [0, 0.1) is 0 Å². The number of para-hydroxylation sites is 1. The lowest BCUT2D eigenvalue weighted by Crippen LogP contribution is -2.41. The second-order valence-electron chi connectivity index (χ2n) is 4.41. The van der Waals surface area contributed by atoms with Crippen LogP contribution in [0.25, 0.3) is 0 Å². The van der Waals surface area contributed by atoms with Crippen molar-refractivity contribution in [2.45, 2.75) is 18.2 Å². The van der Waals surface area contributed by atoms with Crippen LogP contribution in [0.15, 0.2) is 24.3 Å². The van der Waals surface area contributed by atoms with E-state index in [1.165, 1.54) is 4.90 Å². The molecule has 2 rings (SSSR count). The number of anilines is 1. The number of aliphatic carboxylic acids is 1. The Morgan fingerprint density at radius 1 is 1.42 bits per heavy atom. The molecule has 1 heterocycles. The average molecular weight is 275 g/mol. The van der Waals surface area contributed by atoms with Crippen LogP contribution in [0.2, 0.25) is 0 Å². The van der Waals surface area contributed by atoms with Gasteiger partial charge in [-0.15, -0.1) is 0 Å². The summed E-state index contributed by atoms with van der Waals surface area (Å²) in [6.45, 7) is -0.730. The monoisotopic (exact) mass is 275 g/mol. The summed E-state index contributed by atoms with van der Waals surface area (Å²) in [4.78, 5) is 12.3. The van der Waals surface area contributed by atoms with Gasteiger partial charge in [0.2, 0.25) is 0 Å². The number of carboxylic acids is 1. The van der Waals surface area contributed by atoms with E-state index in [1.54, 1.807) is 24.3 Å². The lowest BCUT2D eigenvalue weighted by atomic mass is 10.0. The first-order valence-corrected chi connectivity index (χ1v) is 5.62. The quantitative estimate of drug-likeness (QED) is 0.879. The Bertz CT molecular complexity index is 489. The van der Waals surface area contributed by atoms with Crippen molar-refractivity contribution >= 4 is 11.7 Å². The number of nitrogens with zero attached hydrogens (tertiary/aromatic N) is 1. The van der Waals surface area contributed by atoms with Crippen molar-refractivity contribution in [2.75, 3.05) is 18.0 Å². The predicted octanol–water partition coefficient (Wildman–Crippen LogP) is 1.60. The number of halogens is 3. The molecule has 1 aliphatic heterocycles. The van der Waals surface area contributed by atoms with E-state index in [0.29, 0.717) is 11.3 Å². The van der Waals surface area contributed by atoms with Gasteiger partial charge in [-0.25, -0.2) is 0 Å². The third-order valence-corrected chi connectivity index (χ3v) is 3.13. The molecule has 0 aliphatic carbocycles. The molecule has 0 spiro atoms. The molecule has 0 radical (unpaired) electrons. The van der Waals surface area contributed by atoms with Crippen LogP contribution < -0.4 is 4.90 Å². The lowest BCUT2D eigenvalue weighted by molar-refractivity contribution is -0.200. The van der Waals surface area contributed by atoms with Gasteiger partial charge >= 0.3 is 12.1 Å². The van der Waals surface area contributed by atoms with Crippen molar-refractivity contribution in [3.63, 3.8) is 0 Å². The maximum Gasteiger partial charge on any atom is 0.416 e. The molecular formula is C12H12F3NO3. The van der Waals surface area contributed by atoms with Crippen LogP contribution in [-0.4, -0.2) is 41.6 Å². The average Bonchev–Trinajstić information content (AvgIpc) is 2.67. The Kier molecular flexibility index (Phi) is 3.40. The van der Waals surface area contributed by atoms with Gasteiger partial charge in [0.1, 0.15) is 5.92 Å². The summed E-state index contributed by atoms with van der Waals surface area (Å²) in [6.07, 6.45) is -7.20. The van der Waals surface area contributed by atoms with Crippen molar-refractivity contribution < 1.29 is 28.2 Å². The fourth-order valence-corrected chi connectivity index (χ4v) is 2.18. The van der Waals surface area contributed by atoms with E-state index in [9.17, 15) is 18.0 Å². The van der Waals surface area contributed by atoms with Crippen molar-refractivity contribution in [2.24, 2.45) is 0 Å². The molecule has 2 unspecified atom stereocenters. The zero-order valence-corrected chi connectivity index (χ0v) is 9.76. The first-order valence-electron chi connectivity index (χ1n) is 5.62. The molecule has 7 heteroatoms. The van der Waals surface area contributed by atoms with E-state index in [0.717, 1.165) is 0 Å². The first-order chi connectivity index (χ1) is 8.80. The minimum Gasteiger partial charge on any atom is -0.481 e. The van der Waals surface area contributed by atoms with Crippen molar-refractivity contribution in [3.8, 4) is 0 Å². The van der Waals surface area contributed by atoms with Gasteiger partial charge in [0.25, 0.3) is 0 Å². The molecule has 0 saturated heterocycles. The molecule has 0 aromatic heterocycles. The van der Waals surface area contributed by atoms with Crippen molar-refractivity contribution in [1.82, 2.24) is 0 Å². The van der Waals surface area contributed by atoms with Crippen LogP contribution in [0.1, 0.15) is 11.5 Å². The first kappa shape index (κ1) is 13.7. The molecule has 2 N–H and O–H groups in total. The van der Waals surface area contributed by atoms with Gasteiger partial charge in [-0.2, -0.15) is 13.2 Å². The number of carbonyl (C=O) groups is 1. The summed E-state index contributed by atoms with van der Waals surface area (Å²) in [7, 11) is 0. The Labute approximate surface area is 107 Å². The van der Waals surface area contributed by atoms with E-state index in [2.05, 4.69) is 0 Å². The molecule has 0 saturated carbocycles. The number of aliphatic hydroxyl groups excluding tert-OH is 1. The Hall–Kier alpha value is -1.76. The zero-order chi connectivity index (χ0) is 14.2. The molecule has 1 aliphatic rings. The molecule has 104 valence electrons. The fourth-order valence-electron chi connectivity index (χ4n) is 2.18. The van der Waals surface area contributed by atoms with Crippen LogP contribution in [-0.2, 0) is 4.79 Å². The van der Waals surface area contributed by atoms with E-state index in [4.69, 9.17) is 10.2 Å². The summed E-state index contributed by atoms with van der Waals surface area (Å²) in [5.41, 5.74) is 0.905. The molecular weight excluding hydrogens is 263 g/mol. The van der Waals surface area contributed by atoms with Crippen LogP contribution in [0.3, 0.4) is 0 Å². The SMILES string of the molecule is O=C(O)C1CN(CC(O)C(F)(F)F)c2ccccc21. The van der Waals surface area contributed by atoms with Crippen LogP contribution in [0.4, 0.5) is 18.9 Å². The van der Waals surface area contributed by atoms with Crippen molar-refractivity contribution in [1.29, 1.82) is 0 Å². The van der Waals surface area contributed by atoms with Crippen molar-refractivity contribution in [3.05, 3.63) is 29.8 Å². The highest BCUT2D eigenvalue weighted by molar-refractivity contribution is 5.82. The van der Waals surface area contributed by atoms with Gasteiger partial charge in [-0.1, -0.05) is 18.2 Å². The highest BCUT2D eigenvalue weighted by Crippen LogP contribution is 2.37. The number of β-amino-alcohol motifs (C(OH)–C–C–N with tert-alkyl or cyclic N) is 1. The summed E-state index contributed by atoms with van der Waals surface area (Å²) in [5, 5.41) is 18.1. The maximum absolute atomic E-state index is 12.3. The summed E-state index contributed by atoms with van der Waals surface area (Å²) in [5.74, 6) is -1.95. The Balaban J connectivity index is 2.23. The number of rotatable bonds is 3.